The van der Waals surface area contributed by atoms with Gasteiger partial charge in [0, 0.05) is 31.4 Å². The number of carbonyl (C=O) groups excluding carboxylic acids is 1. The van der Waals surface area contributed by atoms with Gasteiger partial charge in [0.05, 0.1) is 0 Å². The van der Waals surface area contributed by atoms with Crippen LogP contribution < -0.4 is 15.4 Å². The number of rotatable bonds is 5. The summed E-state index contributed by atoms with van der Waals surface area (Å²) in [6.45, 7) is 1.47. The fraction of sp³-hybridized carbons (Fsp3) is 0.235. The number of amides is 1. The van der Waals surface area contributed by atoms with Gasteiger partial charge in [0.15, 0.2) is 0 Å². The standard InChI is InChI=1S/C17H19FN2O2/c1-17(16(19)21,14-9-4-5-10-15(14)18)22-13-8-6-7-12(11-13)20(2)3/h4-11H,1-3H3,(H2,19,21). The second kappa shape index (κ2) is 6.05. The second-order valence-corrected chi connectivity index (χ2v) is 5.37. The third-order valence-corrected chi connectivity index (χ3v) is 3.51. The molecule has 0 aliphatic heterocycles. The number of hydrogen-bond donors (Lipinski definition) is 1. The number of ether oxygens (including phenoxy) is 1. The minimum atomic E-state index is -1.59. The van der Waals surface area contributed by atoms with E-state index in [-0.39, 0.29) is 5.56 Å². The molecule has 1 amide bonds. The number of hydrogen-bond acceptors (Lipinski definition) is 3. The van der Waals surface area contributed by atoms with Gasteiger partial charge in [-0.15, -0.1) is 0 Å². The van der Waals surface area contributed by atoms with Crippen molar-refractivity contribution in [1.82, 2.24) is 0 Å². The Morgan fingerprint density at radius 2 is 1.86 bits per heavy atom. The van der Waals surface area contributed by atoms with Gasteiger partial charge in [-0.1, -0.05) is 24.3 Å². The maximum Gasteiger partial charge on any atom is 0.266 e. The Balaban J connectivity index is 2.44. The zero-order valence-electron chi connectivity index (χ0n) is 12.8. The molecule has 0 radical (unpaired) electrons. The lowest BCUT2D eigenvalue weighted by Gasteiger charge is -2.28. The average molecular weight is 302 g/mol. The summed E-state index contributed by atoms with van der Waals surface area (Å²) in [5.74, 6) is -0.851. The number of halogens is 1. The van der Waals surface area contributed by atoms with Gasteiger partial charge in [-0.25, -0.2) is 4.39 Å². The summed E-state index contributed by atoms with van der Waals surface area (Å²) in [7, 11) is 3.78. The third-order valence-electron chi connectivity index (χ3n) is 3.51. The van der Waals surface area contributed by atoms with Crippen LogP contribution in [0.3, 0.4) is 0 Å². The molecule has 0 saturated carbocycles. The number of anilines is 1. The lowest BCUT2D eigenvalue weighted by atomic mass is 9.94. The SMILES string of the molecule is CN(C)c1cccc(OC(C)(C(N)=O)c2ccccc2F)c1. The lowest BCUT2D eigenvalue weighted by molar-refractivity contribution is -0.133. The Morgan fingerprint density at radius 1 is 1.18 bits per heavy atom. The topological polar surface area (TPSA) is 55.6 Å². The molecular weight excluding hydrogens is 283 g/mol. The van der Waals surface area contributed by atoms with E-state index in [1.807, 2.05) is 25.1 Å². The van der Waals surface area contributed by atoms with E-state index < -0.39 is 17.3 Å². The Hall–Kier alpha value is -2.56. The summed E-state index contributed by atoms with van der Waals surface area (Å²) in [6, 6.07) is 13.1. The Labute approximate surface area is 129 Å². The smallest absolute Gasteiger partial charge is 0.266 e. The first-order valence-corrected chi connectivity index (χ1v) is 6.86. The molecular formula is C17H19FN2O2. The predicted molar refractivity (Wildman–Crippen MR) is 84.3 cm³/mol. The summed E-state index contributed by atoms with van der Waals surface area (Å²) in [4.78, 5) is 13.8. The van der Waals surface area contributed by atoms with Crippen LogP contribution in [0.25, 0.3) is 0 Å². The molecule has 0 aliphatic carbocycles. The molecule has 2 aromatic carbocycles. The molecule has 4 nitrogen and oxygen atoms in total. The van der Waals surface area contributed by atoms with Gasteiger partial charge in [-0.2, -0.15) is 0 Å². The van der Waals surface area contributed by atoms with Crippen LogP contribution in [-0.4, -0.2) is 20.0 Å². The van der Waals surface area contributed by atoms with Gasteiger partial charge >= 0.3 is 0 Å². The molecule has 22 heavy (non-hydrogen) atoms. The lowest BCUT2D eigenvalue weighted by Crippen LogP contribution is -2.44. The van der Waals surface area contributed by atoms with Crippen LogP contribution in [0.2, 0.25) is 0 Å². The van der Waals surface area contributed by atoms with Crippen LogP contribution in [0.15, 0.2) is 48.5 Å². The van der Waals surface area contributed by atoms with E-state index in [0.29, 0.717) is 5.75 Å². The van der Waals surface area contributed by atoms with Crippen molar-refractivity contribution in [3.05, 3.63) is 59.9 Å². The highest BCUT2D eigenvalue weighted by atomic mass is 19.1. The molecule has 2 aromatic rings. The van der Waals surface area contributed by atoms with Crippen molar-refractivity contribution in [2.45, 2.75) is 12.5 Å². The summed E-state index contributed by atoms with van der Waals surface area (Å²) in [5, 5.41) is 0. The average Bonchev–Trinajstić information content (AvgIpc) is 2.47. The van der Waals surface area contributed by atoms with Crippen molar-refractivity contribution in [3.63, 3.8) is 0 Å². The number of benzene rings is 2. The van der Waals surface area contributed by atoms with Crippen LogP contribution in [0.4, 0.5) is 10.1 Å². The van der Waals surface area contributed by atoms with E-state index in [9.17, 15) is 9.18 Å². The number of primary amides is 1. The minimum Gasteiger partial charge on any atom is -0.473 e. The first kappa shape index (κ1) is 15.8. The van der Waals surface area contributed by atoms with Crippen molar-refractivity contribution in [3.8, 4) is 5.75 Å². The summed E-state index contributed by atoms with van der Waals surface area (Å²) in [5.41, 5.74) is 4.90. The summed E-state index contributed by atoms with van der Waals surface area (Å²) >= 11 is 0. The van der Waals surface area contributed by atoms with Crippen LogP contribution in [-0.2, 0) is 10.4 Å². The predicted octanol–water partition coefficient (Wildman–Crippen LogP) is 2.67. The Bertz CT molecular complexity index is 688. The molecule has 0 aromatic heterocycles. The molecule has 1 unspecified atom stereocenters. The molecule has 1 atom stereocenters. The highest BCUT2D eigenvalue weighted by Crippen LogP contribution is 2.31. The quantitative estimate of drug-likeness (QED) is 0.924. The zero-order valence-corrected chi connectivity index (χ0v) is 12.8. The van der Waals surface area contributed by atoms with Gasteiger partial charge < -0.3 is 15.4 Å². The van der Waals surface area contributed by atoms with Gasteiger partial charge in [-0.3, -0.25) is 4.79 Å². The normalized spacial score (nSPS) is 13.3. The number of carbonyl (C=O) groups is 1. The maximum absolute atomic E-state index is 14.1. The van der Waals surface area contributed by atoms with E-state index >= 15 is 0 Å². The molecule has 0 aliphatic rings. The van der Waals surface area contributed by atoms with E-state index in [0.717, 1.165) is 5.69 Å². The second-order valence-electron chi connectivity index (χ2n) is 5.37. The van der Waals surface area contributed by atoms with Crippen LogP contribution in [0.1, 0.15) is 12.5 Å². The van der Waals surface area contributed by atoms with Crippen molar-refractivity contribution in [2.75, 3.05) is 19.0 Å². The van der Waals surface area contributed by atoms with E-state index in [2.05, 4.69) is 0 Å². The van der Waals surface area contributed by atoms with Gasteiger partial charge in [-0.05, 0) is 25.1 Å². The highest BCUT2D eigenvalue weighted by Gasteiger charge is 2.38. The third kappa shape index (κ3) is 3.03. The summed E-state index contributed by atoms with van der Waals surface area (Å²) < 4.78 is 19.8. The fourth-order valence-corrected chi connectivity index (χ4v) is 2.15. The monoisotopic (exact) mass is 302 g/mol. The largest absolute Gasteiger partial charge is 0.473 e. The van der Waals surface area contributed by atoms with Gasteiger partial charge in [0.1, 0.15) is 11.6 Å². The minimum absolute atomic E-state index is 0.109. The van der Waals surface area contributed by atoms with Crippen molar-refractivity contribution < 1.29 is 13.9 Å². The van der Waals surface area contributed by atoms with E-state index in [1.54, 1.807) is 30.3 Å². The van der Waals surface area contributed by atoms with Crippen LogP contribution >= 0.6 is 0 Å². The molecule has 2 rings (SSSR count). The summed E-state index contributed by atoms with van der Waals surface area (Å²) in [6.07, 6.45) is 0. The van der Waals surface area contributed by atoms with Gasteiger partial charge in [0.25, 0.3) is 5.91 Å². The van der Waals surface area contributed by atoms with Crippen molar-refractivity contribution >= 4 is 11.6 Å². The molecule has 0 heterocycles. The molecule has 0 bridgehead atoms. The molecule has 0 fully saturated rings. The Kier molecular flexibility index (Phi) is 4.35. The number of nitrogens with zero attached hydrogens (tertiary/aromatic N) is 1. The van der Waals surface area contributed by atoms with Crippen LogP contribution in [0, 0.1) is 5.82 Å². The van der Waals surface area contributed by atoms with Crippen LogP contribution in [0.5, 0.6) is 5.75 Å². The molecule has 5 heteroatoms. The molecule has 0 spiro atoms. The number of nitrogens with two attached hydrogens (primary N) is 1. The van der Waals surface area contributed by atoms with Crippen molar-refractivity contribution in [2.24, 2.45) is 5.73 Å². The molecule has 2 N–H and O–H groups in total. The zero-order chi connectivity index (χ0) is 16.3. The van der Waals surface area contributed by atoms with E-state index in [1.165, 1.54) is 19.1 Å². The van der Waals surface area contributed by atoms with Gasteiger partial charge in [0.2, 0.25) is 5.60 Å². The first-order valence-electron chi connectivity index (χ1n) is 6.86. The fourth-order valence-electron chi connectivity index (χ4n) is 2.15. The first-order chi connectivity index (χ1) is 10.3. The Morgan fingerprint density at radius 3 is 2.45 bits per heavy atom. The maximum atomic E-state index is 14.1. The molecule has 0 saturated heterocycles. The van der Waals surface area contributed by atoms with E-state index in [4.69, 9.17) is 10.5 Å². The van der Waals surface area contributed by atoms with Crippen molar-refractivity contribution in [1.29, 1.82) is 0 Å². The molecule has 116 valence electrons. The highest BCUT2D eigenvalue weighted by molar-refractivity contribution is 5.85.